The van der Waals surface area contributed by atoms with Crippen molar-refractivity contribution in [1.82, 2.24) is 19.6 Å². The van der Waals surface area contributed by atoms with E-state index < -0.39 is 0 Å². The minimum atomic E-state index is -0.115. The molecule has 1 unspecified atom stereocenters. The van der Waals surface area contributed by atoms with Crippen molar-refractivity contribution >= 4 is 5.69 Å². The summed E-state index contributed by atoms with van der Waals surface area (Å²) in [5, 5.41) is 4.55. The zero-order valence-electron chi connectivity index (χ0n) is 17.9. The standard InChI is InChI=1S/C25H30FN5/c26-24-10-4-5-11-25(24)30-15-13-29(14-16-30)23-9-6-12-28(20-23)18-21-17-27-31(19-21)22-7-2-1-3-8-22/h1-5,7-8,10-11,17,19,23H,6,9,12-16,18,20H2. The molecule has 2 aliphatic heterocycles. The van der Waals surface area contributed by atoms with E-state index in [2.05, 4.69) is 38.1 Å². The molecule has 3 aromatic rings. The van der Waals surface area contributed by atoms with E-state index in [4.69, 9.17) is 0 Å². The molecule has 5 rings (SSSR count). The fourth-order valence-corrected chi connectivity index (χ4v) is 4.93. The van der Waals surface area contributed by atoms with E-state index in [0.29, 0.717) is 6.04 Å². The molecule has 3 heterocycles. The first-order chi connectivity index (χ1) is 15.3. The topological polar surface area (TPSA) is 27.5 Å². The number of aromatic nitrogens is 2. The van der Waals surface area contributed by atoms with E-state index in [1.54, 1.807) is 12.1 Å². The number of halogens is 1. The average Bonchev–Trinajstić information content (AvgIpc) is 3.29. The second kappa shape index (κ2) is 9.20. The molecule has 2 aromatic carbocycles. The van der Waals surface area contributed by atoms with Crippen LogP contribution in [0, 0.1) is 5.82 Å². The van der Waals surface area contributed by atoms with Crippen LogP contribution in [0.3, 0.4) is 0 Å². The Bertz CT molecular complexity index is 980. The van der Waals surface area contributed by atoms with Crippen LogP contribution in [-0.2, 0) is 6.54 Å². The first-order valence-electron chi connectivity index (χ1n) is 11.3. The van der Waals surface area contributed by atoms with Gasteiger partial charge in [-0.3, -0.25) is 9.80 Å². The largest absolute Gasteiger partial charge is 0.367 e. The van der Waals surface area contributed by atoms with Crippen LogP contribution in [0.4, 0.5) is 10.1 Å². The Hall–Kier alpha value is -2.70. The van der Waals surface area contributed by atoms with Gasteiger partial charge in [-0.05, 0) is 43.7 Å². The quantitative estimate of drug-likeness (QED) is 0.629. The van der Waals surface area contributed by atoms with Crippen molar-refractivity contribution < 1.29 is 4.39 Å². The van der Waals surface area contributed by atoms with Crippen LogP contribution in [0.5, 0.6) is 0 Å². The number of para-hydroxylation sites is 2. The number of likely N-dealkylation sites (tertiary alicyclic amines) is 1. The van der Waals surface area contributed by atoms with Gasteiger partial charge in [-0.2, -0.15) is 5.10 Å². The molecule has 0 N–H and O–H groups in total. The maximum absolute atomic E-state index is 14.1. The molecule has 5 nitrogen and oxygen atoms in total. The van der Waals surface area contributed by atoms with Gasteiger partial charge in [0.2, 0.25) is 0 Å². The first-order valence-corrected chi connectivity index (χ1v) is 11.3. The van der Waals surface area contributed by atoms with Gasteiger partial charge in [-0.15, -0.1) is 0 Å². The monoisotopic (exact) mass is 419 g/mol. The van der Waals surface area contributed by atoms with E-state index in [-0.39, 0.29) is 5.82 Å². The number of hydrogen-bond acceptors (Lipinski definition) is 4. The normalized spacial score (nSPS) is 20.8. The summed E-state index contributed by atoms with van der Waals surface area (Å²) in [6.07, 6.45) is 6.61. The highest BCUT2D eigenvalue weighted by Crippen LogP contribution is 2.23. The highest BCUT2D eigenvalue weighted by atomic mass is 19.1. The van der Waals surface area contributed by atoms with Gasteiger partial charge in [0.15, 0.2) is 0 Å². The maximum atomic E-state index is 14.1. The van der Waals surface area contributed by atoms with Crippen molar-refractivity contribution in [3.05, 3.63) is 78.4 Å². The van der Waals surface area contributed by atoms with Gasteiger partial charge in [0.05, 0.1) is 17.6 Å². The van der Waals surface area contributed by atoms with E-state index in [1.807, 2.05) is 41.2 Å². The number of hydrogen-bond donors (Lipinski definition) is 0. The van der Waals surface area contributed by atoms with E-state index in [9.17, 15) is 4.39 Å². The van der Waals surface area contributed by atoms with Gasteiger partial charge in [-0.1, -0.05) is 30.3 Å². The van der Waals surface area contributed by atoms with Crippen LogP contribution in [0.25, 0.3) is 5.69 Å². The predicted molar refractivity (Wildman–Crippen MR) is 122 cm³/mol. The van der Waals surface area contributed by atoms with Crippen molar-refractivity contribution in [2.45, 2.75) is 25.4 Å². The third-order valence-electron chi connectivity index (χ3n) is 6.57. The fraction of sp³-hybridized carbons (Fsp3) is 0.400. The average molecular weight is 420 g/mol. The predicted octanol–water partition coefficient (Wildman–Crippen LogP) is 3.80. The third-order valence-corrected chi connectivity index (χ3v) is 6.57. The lowest BCUT2D eigenvalue weighted by Crippen LogP contribution is -2.55. The van der Waals surface area contributed by atoms with Crippen LogP contribution >= 0.6 is 0 Å². The molecule has 0 radical (unpaired) electrons. The Balaban J connectivity index is 1.16. The summed E-state index contributed by atoms with van der Waals surface area (Å²) in [6, 6.07) is 18.0. The Morgan fingerprint density at radius 3 is 2.48 bits per heavy atom. The van der Waals surface area contributed by atoms with Gasteiger partial charge in [-0.25, -0.2) is 9.07 Å². The SMILES string of the molecule is Fc1ccccc1N1CCN(C2CCCN(Cc3cnn(-c4ccccc4)c3)C2)CC1. The van der Waals surface area contributed by atoms with Crippen molar-refractivity contribution in [3.8, 4) is 5.69 Å². The third kappa shape index (κ3) is 4.65. The fourth-order valence-electron chi connectivity index (χ4n) is 4.93. The Kier molecular flexibility index (Phi) is 6.00. The minimum absolute atomic E-state index is 0.115. The minimum Gasteiger partial charge on any atom is -0.367 e. The summed E-state index contributed by atoms with van der Waals surface area (Å²) < 4.78 is 16.1. The number of rotatable bonds is 5. The van der Waals surface area contributed by atoms with Crippen molar-refractivity contribution in [2.75, 3.05) is 44.2 Å². The van der Waals surface area contributed by atoms with E-state index in [1.165, 1.54) is 18.4 Å². The number of piperazine rings is 1. The number of nitrogens with zero attached hydrogens (tertiary/aromatic N) is 5. The zero-order valence-corrected chi connectivity index (χ0v) is 17.9. The molecular formula is C25H30FN5. The number of benzene rings is 2. The van der Waals surface area contributed by atoms with Gasteiger partial charge in [0.1, 0.15) is 5.82 Å². The van der Waals surface area contributed by atoms with Crippen LogP contribution in [0.15, 0.2) is 67.0 Å². The Labute approximate surface area is 183 Å². The summed E-state index contributed by atoms with van der Waals surface area (Å²) in [4.78, 5) is 7.35. The zero-order chi connectivity index (χ0) is 21.0. The van der Waals surface area contributed by atoms with Crippen LogP contribution in [0.1, 0.15) is 18.4 Å². The van der Waals surface area contributed by atoms with Crippen LogP contribution in [0.2, 0.25) is 0 Å². The van der Waals surface area contributed by atoms with Crippen LogP contribution in [-0.4, -0.2) is 64.9 Å². The lowest BCUT2D eigenvalue weighted by atomic mass is 10.0. The van der Waals surface area contributed by atoms with E-state index >= 15 is 0 Å². The summed E-state index contributed by atoms with van der Waals surface area (Å²) in [7, 11) is 0. The lowest BCUT2D eigenvalue weighted by molar-refractivity contribution is 0.0887. The summed E-state index contributed by atoms with van der Waals surface area (Å²) >= 11 is 0. The molecule has 31 heavy (non-hydrogen) atoms. The highest BCUT2D eigenvalue weighted by molar-refractivity contribution is 5.48. The Morgan fingerprint density at radius 1 is 0.903 bits per heavy atom. The molecule has 0 saturated carbocycles. The summed E-state index contributed by atoms with van der Waals surface area (Å²) in [6.45, 7) is 6.96. The molecule has 1 atom stereocenters. The lowest BCUT2D eigenvalue weighted by Gasteiger charge is -2.44. The van der Waals surface area contributed by atoms with Gasteiger partial charge in [0.25, 0.3) is 0 Å². The van der Waals surface area contributed by atoms with Gasteiger partial charge in [0, 0.05) is 57.1 Å². The molecule has 2 saturated heterocycles. The molecule has 6 heteroatoms. The van der Waals surface area contributed by atoms with Crippen molar-refractivity contribution in [2.24, 2.45) is 0 Å². The van der Waals surface area contributed by atoms with Crippen molar-refractivity contribution in [3.63, 3.8) is 0 Å². The molecule has 0 aliphatic carbocycles. The highest BCUT2D eigenvalue weighted by Gasteiger charge is 2.28. The smallest absolute Gasteiger partial charge is 0.146 e. The molecule has 0 bridgehead atoms. The molecule has 162 valence electrons. The second-order valence-corrected chi connectivity index (χ2v) is 8.63. The molecular weight excluding hydrogens is 389 g/mol. The summed E-state index contributed by atoms with van der Waals surface area (Å²) in [5.41, 5.74) is 3.09. The maximum Gasteiger partial charge on any atom is 0.146 e. The van der Waals surface area contributed by atoms with Gasteiger partial charge >= 0.3 is 0 Å². The molecule has 0 amide bonds. The number of piperidine rings is 1. The second-order valence-electron chi connectivity index (χ2n) is 8.63. The van der Waals surface area contributed by atoms with E-state index in [0.717, 1.165) is 57.2 Å². The molecule has 2 aliphatic rings. The van der Waals surface area contributed by atoms with Crippen molar-refractivity contribution in [1.29, 1.82) is 0 Å². The molecule has 1 aromatic heterocycles. The Morgan fingerprint density at radius 2 is 1.68 bits per heavy atom. The molecule has 0 spiro atoms. The first kappa shape index (κ1) is 20.2. The molecule has 2 fully saturated rings. The number of anilines is 1. The van der Waals surface area contributed by atoms with Gasteiger partial charge < -0.3 is 4.90 Å². The summed E-state index contributed by atoms with van der Waals surface area (Å²) in [5.74, 6) is -0.115. The van der Waals surface area contributed by atoms with Crippen LogP contribution < -0.4 is 4.90 Å².